The zero-order valence-corrected chi connectivity index (χ0v) is 12.3. The van der Waals surface area contributed by atoms with Crippen LogP contribution in [0.2, 0.25) is 0 Å². The predicted molar refractivity (Wildman–Crippen MR) is 75.4 cm³/mol. The highest BCUT2D eigenvalue weighted by molar-refractivity contribution is 7.99. The average Bonchev–Trinajstić information content (AvgIpc) is 2.30. The highest BCUT2D eigenvalue weighted by atomic mass is 32.2. The minimum Gasteiger partial charge on any atom is -0.375 e. The summed E-state index contributed by atoms with van der Waals surface area (Å²) in [6.45, 7) is 7.64. The van der Waals surface area contributed by atoms with Crippen molar-refractivity contribution in [2.75, 3.05) is 18.1 Å². The fourth-order valence-electron chi connectivity index (χ4n) is 3.12. The molecule has 2 aliphatic heterocycles. The second-order valence-electron chi connectivity index (χ2n) is 6.35. The van der Waals surface area contributed by atoms with E-state index in [9.17, 15) is 0 Å². The lowest BCUT2D eigenvalue weighted by Gasteiger charge is -2.49. The molecule has 0 radical (unpaired) electrons. The van der Waals surface area contributed by atoms with Crippen LogP contribution in [0.15, 0.2) is 0 Å². The molecule has 2 unspecified atom stereocenters. The zero-order chi connectivity index (χ0) is 12.5. The summed E-state index contributed by atoms with van der Waals surface area (Å²) in [6.07, 6.45) is 4.77. The Bertz CT molecular complexity index is 253. The van der Waals surface area contributed by atoms with Crippen molar-refractivity contribution in [3.05, 3.63) is 0 Å². The molecule has 2 fully saturated rings. The van der Waals surface area contributed by atoms with Crippen LogP contribution >= 0.6 is 11.8 Å². The maximum Gasteiger partial charge on any atom is 0.0701 e. The molecule has 2 atom stereocenters. The molecular formula is C14H27NOS. The van der Waals surface area contributed by atoms with E-state index < -0.39 is 0 Å². The third-order valence-electron chi connectivity index (χ3n) is 5.02. The van der Waals surface area contributed by atoms with Crippen molar-refractivity contribution >= 4 is 11.8 Å². The van der Waals surface area contributed by atoms with E-state index in [1.165, 1.54) is 30.8 Å². The standard InChI is InChI=1S/C14H27NOS/c1-11(2)13(3,15)12-4-7-16-14(10-12)5-8-17-9-6-14/h11-12H,4-10,15H2,1-3H3. The van der Waals surface area contributed by atoms with Crippen LogP contribution in [0.5, 0.6) is 0 Å². The quantitative estimate of drug-likeness (QED) is 0.826. The molecule has 17 heavy (non-hydrogen) atoms. The molecule has 2 nitrogen and oxygen atoms in total. The Kier molecular flexibility index (Phi) is 4.11. The van der Waals surface area contributed by atoms with Gasteiger partial charge in [0.1, 0.15) is 0 Å². The lowest BCUT2D eigenvalue weighted by atomic mass is 9.69. The Morgan fingerprint density at radius 2 is 2.00 bits per heavy atom. The molecule has 2 aliphatic rings. The average molecular weight is 257 g/mol. The van der Waals surface area contributed by atoms with Crippen molar-refractivity contribution < 1.29 is 4.74 Å². The van der Waals surface area contributed by atoms with Crippen LogP contribution in [0.4, 0.5) is 0 Å². The first-order valence-electron chi connectivity index (χ1n) is 6.97. The molecule has 0 amide bonds. The molecule has 0 aliphatic carbocycles. The summed E-state index contributed by atoms with van der Waals surface area (Å²) < 4.78 is 6.14. The second-order valence-corrected chi connectivity index (χ2v) is 7.58. The third-order valence-corrected chi connectivity index (χ3v) is 6.01. The molecule has 3 heteroatoms. The van der Waals surface area contributed by atoms with E-state index in [-0.39, 0.29) is 11.1 Å². The van der Waals surface area contributed by atoms with E-state index in [4.69, 9.17) is 10.5 Å². The summed E-state index contributed by atoms with van der Waals surface area (Å²) in [7, 11) is 0. The lowest BCUT2D eigenvalue weighted by Crippen LogP contribution is -2.55. The molecule has 2 heterocycles. The fraction of sp³-hybridized carbons (Fsp3) is 1.00. The van der Waals surface area contributed by atoms with Gasteiger partial charge in [-0.2, -0.15) is 11.8 Å². The topological polar surface area (TPSA) is 35.2 Å². The van der Waals surface area contributed by atoms with Crippen molar-refractivity contribution in [2.45, 2.75) is 57.6 Å². The Morgan fingerprint density at radius 3 is 2.59 bits per heavy atom. The normalized spacial score (nSPS) is 32.6. The number of hydrogen-bond donors (Lipinski definition) is 1. The number of thioether (sulfide) groups is 1. The van der Waals surface area contributed by atoms with Gasteiger partial charge in [0.05, 0.1) is 5.60 Å². The summed E-state index contributed by atoms with van der Waals surface area (Å²) in [5.74, 6) is 3.69. The van der Waals surface area contributed by atoms with Crippen molar-refractivity contribution in [1.29, 1.82) is 0 Å². The van der Waals surface area contributed by atoms with Gasteiger partial charge in [-0.25, -0.2) is 0 Å². The van der Waals surface area contributed by atoms with E-state index in [0.29, 0.717) is 11.8 Å². The minimum absolute atomic E-state index is 0.0403. The number of rotatable bonds is 2. The zero-order valence-electron chi connectivity index (χ0n) is 11.5. The monoisotopic (exact) mass is 257 g/mol. The van der Waals surface area contributed by atoms with Crippen LogP contribution in [0.25, 0.3) is 0 Å². The van der Waals surface area contributed by atoms with Crippen LogP contribution in [-0.4, -0.2) is 29.3 Å². The molecule has 100 valence electrons. The van der Waals surface area contributed by atoms with Gasteiger partial charge < -0.3 is 10.5 Å². The molecule has 0 aromatic carbocycles. The van der Waals surface area contributed by atoms with Crippen LogP contribution in [0.1, 0.15) is 46.5 Å². The van der Waals surface area contributed by atoms with Crippen molar-refractivity contribution in [1.82, 2.24) is 0 Å². The summed E-state index contributed by atoms with van der Waals surface area (Å²) in [4.78, 5) is 0. The first kappa shape index (κ1) is 13.7. The number of hydrogen-bond acceptors (Lipinski definition) is 3. The molecule has 2 saturated heterocycles. The molecule has 0 aromatic heterocycles. The first-order chi connectivity index (χ1) is 7.96. The predicted octanol–water partition coefficient (Wildman–Crippen LogP) is 3.05. The Morgan fingerprint density at radius 1 is 1.35 bits per heavy atom. The Balaban J connectivity index is 2.06. The third kappa shape index (κ3) is 2.82. The largest absolute Gasteiger partial charge is 0.375 e. The van der Waals surface area contributed by atoms with E-state index in [1.807, 2.05) is 0 Å². The summed E-state index contributed by atoms with van der Waals surface area (Å²) >= 11 is 2.07. The van der Waals surface area contributed by atoms with E-state index in [0.717, 1.165) is 13.0 Å². The highest BCUT2D eigenvalue weighted by Crippen LogP contribution is 2.43. The van der Waals surface area contributed by atoms with Gasteiger partial charge in [0.15, 0.2) is 0 Å². The van der Waals surface area contributed by atoms with Gasteiger partial charge in [-0.05, 0) is 55.9 Å². The summed E-state index contributed by atoms with van der Waals surface area (Å²) in [5.41, 5.74) is 6.69. The summed E-state index contributed by atoms with van der Waals surface area (Å²) in [5, 5.41) is 0. The highest BCUT2D eigenvalue weighted by Gasteiger charge is 2.44. The number of nitrogens with two attached hydrogens (primary N) is 1. The van der Waals surface area contributed by atoms with Gasteiger partial charge in [0.25, 0.3) is 0 Å². The van der Waals surface area contributed by atoms with Gasteiger partial charge in [-0.3, -0.25) is 0 Å². The smallest absolute Gasteiger partial charge is 0.0701 e. The van der Waals surface area contributed by atoms with Gasteiger partial charge in [0.2, 0.25) is 0 Å². The first-order valence-corrected chi connectivity index (χ1v) is 8.12. The molecule has 1 spiro atoms. The van der Waals surface area contributed by atoms with Crippen molar-refractivity contribution in [2.24, 2.45) is 17.6 Å². The van der Waals surface area contributed by atoms with Crippen molar-refractivity contribution in [3.63, 3.8) is 0 Å². The molecular weight excluding hydrogens is 230 g/mol. The van der Waals surface area contributed by atoms with Gasteiger partial charge in [-0.1, -0.05) is 13.8 Å². The van der Waals surface area contributed by atoms with E-state index >= 15 is 0 Å². The maximum absolute atomic E-state index is 6.56. The molecule has 0 saturated carbocycles. The van der Waals surface area contributed by atoms with Gasteiger partial charge >= 0.3 is 0 Å². The molecule has 0 aromatic rings. The van der Waals surface area contributed by atoms with Crippen LogP contribution in [0.3, 0.4) is 0 Å². The molecule has 2 N–H and O–H groups in total. The number of ether oxygens (including phenoxy) is 1. The SMILES string of the molecule is CC(C)C(C)(N)C1CCOC2(CCSCC2)C1. The fourth-order valence-corrected chi connectivity index (χ4v) is 4.36. The Labute approximate surface area is 110 Å². The minimum atomic E-state index is -0.0403. The maximum atomic E-state index is 6.56. The van der Waals surface area contributed by atoms with E-state index in [2.05, 4.69) is 32.5 Å². The molecule has 2 rings (SSSR count). The molecule has 0 bridgehead atoms. The van der Waals surface area contributed by atoms with Crippen LogP contribution < -0.4 is 5.73 Å². The van der Waals surface area contributed by atoms with Crippen molar-refractivity contribution in [3.8, 4) is 0 Å². The Hall–Kier alpha value is 0.270. The lowest BCUT2D eigenvalue weighted by molar-refractivity contribution is -0.115. The second kappa shape index (κ2) is 5.10. The van der Waals surface area contributed by atoms with Gasteiger partial charge in [-0.15, -0.1) is 0 Å². The van der Waals surface area contributed by atoms with Gasteiger partial charge in [0, 0.05) is 12.1 Å². The van der Waals surface area contributed by atoms with Crippen LogP contribution in [0, 0.1) is 11.8 Å². The van der Waals surface area contributed by atoms with Crippen LogP contribution in [-0.2, 0) is 4.74 Å². The van der Waals surface area contributed by atoms with E-state index in [1.54, 1.807) is 0 Å². The summed E-state index contributed by atoms with van der Waals surface area (Å²) in [6, 6.07) is 0.